The molecule has 0 fully saturated rings. The van der Waals surface area contributed by atoms with Crippen molar-refractivity contribution in [3.05, 3.63) is 53.6 Å². The molecule has 0 bridgehead atoms. The van der Waals surface area contributed by atoms with Gasteiger partial charge in [0.1, 0.15) is 5.75 Å². The van der Waals surface area contributed by atoms with E-state index in [9.17, 15) is 5.11 Å². The maximum absolute atomic E-state index is 9.19. The number of nitrogens with zero attached hydrogens (tertiary/aromatic N) is 2. The highest BCUT2D eigenvalue weighted by atomic mass is 16.3. The number of benzene rings is 2. The van der Waals surface area contributed by atoms with E-state index in [0.29, 0.717) is 5.95 Å². The van der Waals surface area contributed by atoms with Gasteiger partial charge in [0.15, 0.2) is 0 Å². The zero-order chi connectivity index (χ0) is 13.9. The van der Waals surface area contributed by atoms with Gasteiger partial charge in [-0.25, -0.2) is 10.4 Å². The fourth-order valence-electron chi connectivity index (χ4n) is 1.90. The molecular weight excluding hydrogens is 252 g/mol. The van der Waals surface area contributed by atoms with E-state index in [0.717, 1.165) is 16.6 Å². The van der Waals surface area contributed by atoms with Crippen molar-refractivity contribution < 1.29 is 5.11 Å². The molecule has 1 aromatic heterocycles. The Morgan fingerprint density at radius 3 is 2.80 bits per heavy atom. The zero-order valence-electron chi connectivity index (χ0n) is 11.0. The minimum Gasteiger partial charge on any atom is -0.508 e. The van der Waals surface area contributed by atoms with Gasteiger partial charge in [0, 0.05) is 0 Å². The first kappa shape index (κ1) is 12.2. The summed E-state index contributed by atoms with van der Waals surface area (Å²) in [7, 11) is 0. The Hall–Kier alpha value is -2.82. The number of imidazole rings is 1. The van der Waals surface area contributed by atoms with E-state index in [-0.39, 0.29) is 5.75 Å². The Morgan fingerprint density at radius 2 is 2.00 bits per heavy atom. The van der Waals surface area contributed by atoms with Gasteiger partial charge in [-0.2, -0.15) is 5.10 Å². The second kappa shape index (κ2) is 5.05. The van der Waals surface area contributed by atoms with Crippen LogP contribution in [0.15, 0.2) is 47.6 Å². The van der Waals surface area contributed by atoms with E-state index in [1.807, 2.05) is 25.1 Å². The van der Waals surface area contributed by atoms with Gasteiger partial charge >= 0.3 is 0 Å². The molecule has 2 aromatic carbocycles. The minimum absolute atomic E-state index is 0.239. The lowest BCUT2D eigenvalue weighted by Crippen LogP contribution is -1.91. The number of aromatic hydroxyl groups is 1. The maximum Gasteiger partial charge on any atom is 0.222 e. The average Bonchev–Trinajstić information content (AvgIpc) is 2.83. The Labute approximate surface area is 116 Å². The van der Waals surface area contributed by atoms with Crippen molar-refractivity contribution >= 4 is 23.2 Å². The molecule has 20 heavy (non-hydrogen) atoms. The minimum atomic E-state index is 0.239. The predicted molar refractivity (Wildman–Crippen MR) is 80.2 cm³/mol. The van der Waals surface area contributed by atoms with Crippen molar-refractivity contribution in [1.82, 2.24) is 9.97 Å². The SMILES string of the molecule is Cc1ccc2nc(N/N=C\c3ccc(O)cc3)[nH]c2c1. The first-order valence-electron chi connectivity index (χ1n) is 6.25. The van der Waals surface area contributed by atoms with Gasteiger partial charge in [0.2, 0.25) is 5.95 Å². The van der Waals surface area contributed by atoms with Crippen molar-refractivity contribution in [3.63, 3.8) is 0 Å². The summed E-state index contributed by atoms with van der Waals surface area (Å²) in [5.74, 6) is 0.836. The van der Waals surface area contributed by atoms with Crippen molar-refractivity contribution in [3.8, 4) is 5.75 Å². The van der Waals surface area contributed by atoms with E-state index in [4.69, 9.17) is 0 Å². The number of hydrogen-bond donors (Lipinski definition) is 3. The first-order chi connectivity index (χ1) is 9.70. The Balaban J connectivity index is 1.74. The summed E-state index contributed by atoms with van der Waals surface area (Å²) in [5, 5.41) is 13.3. The number of hydrazone groups is 1. The van der Waals surface area contributed by atoms with Crippen LogP contribution in [-0.2, 0) is 0 Å². The summed E-state index contributed by atoms with van der Waals surface area (Å²) in [5.41, 5.74) is 6.81. The van der Waals surface area contributed by atoms with Crippen molar-refractivity contribution in [1.29, 1.82) is 0 Å². The fourth-order valence-corrected chi connectivity index (χ4v) is 1.90. The highest BCUT2D eigenvalue weighted by Crippen LogP contribution is 2.15. The second-order valence-corrected chi connectivity index (χ2v) is 4.57. The molecule has 0 radical (unpaired) electrons. The average molecular weight is 266 g/mol. The Kier molecular flexibility index (Phi) is 3.09. The number of aromatic nitrogens is 2. The molecule has 0 atom stereocenters. The number of H-pyrrole nitrogens is 1. The smallest absolute Gasteiger partial charge is 0.222 e. The molecule has 0 saturated heterocycles. The largest absolute Gasteiger partial charge is 0.508 e. The number of hydrogen-bond acceptors (Lipinski definition) is 4. The van der Waals surface area contributed by atoms with Crippen LogP contribution < -0.4 is 5.43 Å². The van der Waals surface area contributed by atoms with Gasteiger partial charge in [-0.1, -0.05) is 6.07 Å². The maximum atomic E-state index is 9.19. The molecule has 3 aromatic rings. The molecular formula is C15H14N4O. The zero-order valence-corrected chi connectivity index (χ0v) is 11.0. The number of aromatic amines is 1. The third-order valence-corrected chi connectivity index (χ3v) is 2.91. The number of phenols is 1. The van der Waals surface area contributed by atoms with Gasteiger partial charge in [0.25, 0.3) is 0 Å². The molecule has 0 aliphatic heterocycles. The van der Waals surface area contributed by atoms with Crippen molar-refractivity contribution in [2.24, 2.45) is 5.10 Å². The summed E-state index contributed by atoms with van der Waals surface area (Å²) in [4.78, 5) is 7.53. The van der Waals surface area contributed by atoms with E-state index >= 15 is 0 Å². The summed E-state index contributed by atoms with van der Waals surface area (Å²) in [6.07, 6.45) is 1.66. The van der Waals surface area contributed by atoms with Gasteiger partial charge in [0.05, 0.1) is 17.2 Å². The molecule has 0 aliphatic carbocycles. The lowest BCUT2D eigenvalue weighted by atomic mass is 10.2. The summed E-state index contributed by atoms with van der Waals surface area (Å²) >= 11 is 0. The van der Waals surface area contributed by atoms with Gasteiger partial charge in [-0.05, 0) is 54.4 Å². The van der Waals surface area contributed by atoms with Crippen LogP contribution in [0, 0.1) is 6.92 Å². The van der Waals surface area contributed by atoms with Crippen LogP contribution in [0.1, 0.15) is 11.1 Å². The third kappa shape index (κ3) is 2.61. The number of anilines is 1. The molecule has 0 spiro atoms. The molecule has 5 heteroatoms. The highest BCUT2D eigenvalue weighted by Gasteiger charge is 2.00. The van der Waals surface area contributed by atoms with Gasteiger partial charge in [-0.3, -0.25) is 0 Å². The Morgan fingerprint density at radius 1 is 1.20 bits per heavy atom. The molecule has 1 heterocycles. The van der Waals surface area contributed by atoms with E-state index in [1.165, 1.54) is 5.56 Å². The van der Waals surface area contributed by atoms with Gasteiger partial charge < -0.3 is 10.1 Å². The predicted octanol–water partition coefficient (Wildman–Crippen LogP) is 3.02. The summed E-state index contributed by atoms with van der Waals surface area (Å²) in [6.45, 7) is 2.04. The third-order valence-electron chi connectivity index (χ3n) is 2.91. The number of phenolic OH excluding ortho intramolecular Hbond substituents is 1. The van der Waals surface area contributed by atoms with Gasteiger partial charge in [-0.15, -0.1) is 0 Å². The number of aryl methyl sites for hydroxylation is 1. The number of fused-ring (bicyclic) bond motifs is 1. The molecule has 3 rings (SSSR count). The van der Waals surface area contributed by atoms with Crippen LogP contribution in [0.25, 0.3) is 11.0 Å². The number of nitrogens with one attached hydrogen (secondary N) is 2. The summed E-state index contributed by atoms with van der Waals surface area (Å²) in [6, 6.07) is 12.8. The molecule has 0 saturated carbocycles. The monoisotopic (exact) mass is 266 g/mol. The Bertz CT molecular complexity index is 759. The highest BCUT2D eigenvalue weighted by molar-refractivity contribution is 5.81. The van der Waals surface area contributed by atoms with E-state index < -0.39 is 0 Å². The molecule has 0 aliphatic rings. The fraction of sp³-hybridized carbons (Fsp3) is 0.0667. The molecule has 0 amide bonds. The van der Waals surface area contributed by atoms with Crippen LogP contribution in [0.4, 0.5) is 5.95 Å². The molecule has 3 N–H and O–H groups in total. The molecule has 5 nitrogen and oxygen atoms in total. The normalized spacial score (nSPS) is 11.2. The second-order valence-electron chi connectivity index (χ2n) is 4.57. The standard InChI is InChI=1S/C15H14N4O/c1-10-2-7-13-14(8-10)18-15(17-13)19-16-9-11-3-5-12(20)6-4-11/h2-9,20H,1H3,(H2,17,18,19)/b16-9-. The van der Waals surface area contributed by atoms with Crippen LogP contribution in [0.2, 0.25) is 0 Å². The topological polar surface area (TPSA) is 73.3 Å². The van der Waals surface area contributed by atoms with E-state index in [1.54, 1.807) is 30.5 Å². The van der Waals surface area contributed by atoms with Crippen LogP contribution >= 0.6 is 0 Å². The van der Waals surface area contributed by atoms with Crippen LogP contribution in [-0.4, -0.2) is 21.3 Å². The summed E-state index contributed by atoms with van der Waals surface area (Å²) < 4.78 is 0. The van der Waals surface area contributed by atoms with Crippen LogP contribution in [0.3, 0.4) is 0 Å². The lowest BCUT2D eigenvalue weighted by molar-refractivity contribution is 0.475. The van der Waals surface area contributed by atoms with Crippen LogP contribution in [0.5, 0.6) is 5.75 Å². The number of rotatable bonds is 3. The first-order valence-corrected chi connectivity index (χ1v) is 6.25. The lowest BCUT2D eigenvalue weighted by Gasteiger charge is -1.95. The molecule has 0 unspecified atom stereocenters. The molecule has 100 valence electrons. The van der Waals surface area contributed by atoms with Crippen molar-refractivity contribution in [2.75, 3.05) is 5.43 Å². The van der Waals surface area contributed by atoms with Crippen molar-refractivity contribution in [2.45, 2.75) is 6.92 Å². The quantitative estimate of drug-likeness (QED) is 0.504. The van der Waals surface area contributed by atoms with E-state index in [2.05, 4.69) is 20.5 Å².